The number of hydrogen-bond acceptors (Lipinski definition) is 0. The summed E-state index contributed by atoms with van der Waals surface area (Å²) in [5.41, 5.74) is 13.7. The summed E-state index contributed by atoms with van der Waals surface area (Å²) in [6.07, 6.45) is 10.2. The Balaban J connectivity index is 1.42. The van der Waals surface area contributed by atoms with Crippen LogP contribution < -0.4 is 6.64 Å². The van der Waals surface area contributed by atoms with Gasteiger partial charge in [-0.05, 0) is 0 Å². The van der Waals surface area contributed by atoms with Gasteiger partial charge in [-0.15, -0.1) is 0 Å². The van der Waals surface area contributed by atoms with Crippen molar-refractivity contribution < 1.29 is 14.2 Å². The van der Waals surface area contributed by atoms with Gasteiger partial charge < -0.3 is 0 Å². The van der Waals surface area contributed by atoms with Gasteiger partial charge in [-0.25, -0.2) is 0 Å². The fourth-order valence-electron chi connectivity index (χ4n) is 11.0. The standard InChI is InChI=1S/2C19H19.2C6H5.2CH3.Hf.H2Si/c2*1-19(2,3)16-12-10-15(11-13-16)18-9-5-7-14-6-4-8-17(14)18;2*1-2-4-6-5-3-1;;;;/h2*4-13H,1-3H3;2*1-5H;2*1H3;;1H2. The van der Waals surface area contributed by atoms with Crippen LogP contribution in [0, 0.1) is 0 Å². The van der Waals surface area contributed by atoms with E-state index in [0.717, 1.165) is 0 Å². The summed E-state index contributed by atoms with van der Waals surface area (Å²) in [5.74, 6) is 0. The van der Waals surface area contributed by atoms with Crippen LogP contribution in [-0.4, -0.2) is 6.94 Å². The Morgan fingerprint density at radius 2 is 0.778 bits per heavy atom. The summed E-state index contributed by atoms with van der Waals surface area (Å²) in [4.78, 5) is 0. The van der Waals surface area contributed by atoms with Gasteiger partial charge >= 0.3 is 322 Å². The van der Waals surface area contributed by atoms with Gasteiger partial charge in [0.25, 0.3) is 0 Å². The zero-order valence-electron chi connectivity index (χ0n) is 33.5. The Labute approximate surface area is 320 Å². The molecule has 0 aromatic heterocycles. The van der Waals surface area contributed by atoms with Crippen LogP contribution in [0.25, 0.3) is 34.4 Å². The molecule has 8 rings (SSSR count). The van der Waals surface area contributed by atoms with E-state index in [-0.39, 0.29) is 18.2 Å². The Bertz CT molecular complexity index is 2430. The Kier molecular flexibility index (Phi) is 7.82. The summed E-state index contributed by atoms with van der Waals surface area (Å²) >= 11 is -5.99. The van der Waals surface area contributed by atoms with Crippen molar-refractivity contribution in [3.05, 3.63) is 191 Å². The van der Waals surface area contributed by atoms with Crippen molar-refractivity contribution in [1.29, 1.82) is 0 Å². The van der Waals surface area contributed by atoms with Crippen LogP contribution in [0.2, 0.25) is 9.36 Å². The molecular weight excluding hydrogens is 831 g/mol. The molecule has 0 N–H and O–H groups in total. The van der Waals surface area contributed by atoms with Crippen molar-refractivity contribution in [2.45, 2.75) is 69.1 Å². The molecular formula is C52H56HfSi. The van der Waals surface area contributed by atoms with Gasteiger partial charge in [0.2, 0.25) is 0 Å². The molecule has 2 atom stereocenters. The van der Waals surface area contributed by atoms with Crippen molar-refractivity contribution in [3.63, 3.8) is 0 Å². The number of benzene rings is 6. The van der Waals surface area contributed by atoms with Crippen LogP contribution in [0.15, 0.2) is 158 Å². The maximum absolute atomic E-state index is 5.99. The number of rotatable bonds is 6. The average molecular weight is 888 g/mol. The number of hydrogen-bond donors (Lipinski definition) is 0. The molecule has 0 nitrogen and oxygen atoms in total. The van der Waals surface area contributed by atoms with Crippen molar-refractivity contribution in [1.82, 2.24) is 0 Å². The van der Waals surface area contributed by atoms with Gasteiger partial charge in [-0.3, -0.25) is 0 Å². The van der Waals surface area contributed by atoms with Crippen LogP contribution in [-0.2, 0) is 25.0 Å². The van der Waals surface area contributed by atoms with E-state index in [1.165, 1.54) is 62.3 Å². The minimum atomic E-state index is -5.99. The van der Waals surface area contributed by atoms with Crippen molar-refractivity contribution in [2.24, 2.45) is 0 Å². The van der Waals surface area contributed by atoms with E-state index < -0.39 is 14.2 Å². The van der Waals surface area contributed by atoms with Crippen molar-refractivity contribution in [3.8, 4) is 22.3 Å². The zero-order valence-corrected chi connectivity index (χ0v) is 38.5. The SMILES string of the molecule is CC(C)(C)c1ccc(-c2cccc3c2C=C[CH]3[Hf]([CH3])([CH3])(=[SiH2])([c]2ccccc2)([c]2ccccc2)[CH]2C=Cc3c(-c4ccc(C(C)(C)C)cc4)cccc32)cc1. The zero-order chi connectivity index (χ0) is 38.3. The first-order valence-electron chi connectivity index (χ1n) is 19.9. The van der Waals surface area contributed by atoms with Gasteiger partial charge in [-0.2, -0.15) is 0 Å². The second-order valence-electron chi connectivity index (χ2n) is 20.7. The van der Waals surface area contributed by atoms with E-state index >= 15 is 0 Å². The summed E-state index contributed by atoms with van der Waals surface area (Å²) < 4.78 is 8.92. The summed E-state index contributed by atoms with van der Waals surface area (Å²) in [5, 5.41) is 0. The van der Waals surface area contributed by atoms with Gasteiger partial charge in [0.1, 0.15) is 0 Å². The molecule has 0 saturated heterocycles. The molecule has 6 aromatic carbocycles. The predicted octanol–water partition coefficient (Wildman–Crippen LogP) is 12.5. The average Bonchev–Trinajstić information content (AvgIpc) is 3.83. The number of allylic oxidation sites excluding steroid dienone is 2. The van der Waals surface area contributed by atoms with E-state index in [1.54, 1.807) is 0 Å². The van der Waals surface area contributed by atoms with E-state index in [0.29, 0.717) is 0 Å². The quantitative estimate of drug-likeness (QED) is 0.146. The second kappa shape index (κ2) is 11.5. The van der Waals surface area contributed by atoms with Crippen molar-refractivity contribution >= 4 is 25.7 Å². The fraction of sp³-hybridized carbons (Fsp3) is 0.231. The third kappa shape index (κ3) is 4.95. The molecule has 54 heavy (non-hydrogen) atoms. The molecule has 0 heterocycles. The molecule has 2 unspecified atom stereocenters. The van der Waals surface area contributed by atoms with Crippen LogP contribution in [0.3, 0.4) is 0 Å². The fourth-order valence-corrected chi connectivity index (χ4v) is 58.3. The van der Waals surface area contributed by atoms with Gasteiger partial charge in [0.05, 0.1) is 0 Å². The van der Waals surface area contributed by atoms with Crippen molar-refractivity contribution in [2.75, 3.05) is 0 Å². The topological polar surface area (TPSA) is 0 Å². The molecule has 0 bridgehead atoms. The molecule has 0 spiro atoms. The molecule has 0 saturated carbocycles. The van der Waals surface area contributed by atoms with Crippen LogP contribution >= 0.6 is 0 Å². The Hall–Kier alpha value is -4.11. The van der Waals surface area contributed by atoms with E-state index in [1.807, 2.05) is 0 Å². The summed E-state index contributed by atoms with van der Waals surface area (Å²) in [6, 6.07) is 56.2. The molecule has 0 aliphatic heterocycles. The molecule has 0 radical (unpaired) electrons. The Morgan fingerprint density at radius 1 is 0.426 bits per heavy atom. The van der Waals surface area contributed by atoms with Gasteiger partial charge in [0, 0.05) is 0 Å². The molecule has 272 valence electrons. The minimum absolute atomic E-state index is 0.112. The monoisotopic (exact) mass is 888 g/mol. The van der Waals surface area contributed by atoms with Gasteiger partial charge in [0.15, 0.2) is 0 Å². The Morgan fingerprint density at radius 3 is 1.11 bits per heavy atom. The number of fused-ring (bicyclic) bond motifs is 2. The molecule has 6 aromatic rings. The molecule has 0 amide bonds. The maximum atomic E-state index is 2.80. The van der Waals surface area contributed by atoms with Crippen LogP contribution in [0.1, 0.15) is 82.3 Å². The second-order valence-corrected chi connectivity index (χ2v) is 89.2. The van der Waals surface area contributed by atoms with E-state index in [9.17, 15) is 0 Å². The van der Waals surface area contributed by atoms with Gasteiger partial charge in [-0.1, -0.05) is 0 Å². The third-order valence-electron chi connectivity index (χ3n) is 14.7. The predicted molar refractivity (Wildman–Crippen MR) is 237 cm³/mol. The third-order valence-corrected chi connectivity index (χ3v) is 71.9. The first-order valence-corrected chi connectivity index (χ1v) is 43.1. The normalized spacial score (nSPS) is 18.6. The molecule has 2 aliphatic rings. The molecule has 2 heteroatoms. The van der Waals surface area contributed by atoms with Crippen LogP contribution in [0.4, 0.5) is 0 Å². The summed E-state index contributed by atoms with van der Waals surface area (Å²) in [6.45, 7) is 16.2. The summed E-state index contributed by atoms with van der Waals surface area (Å²) in [7, 11) is 0. The van der Waals surface area contributed by atoms with E-state index in [4.69, 9.17) is 0 Å². The van der Waals surface area contributed by atoms with Crippen LogP contribution in [0.5, 0.6) is 0 Å². The first-order chi connectivity index (χ1) is 25.4. The molecule has 2 aliphatic carbocycles. The molecule has 0 fully saturated rings. The van der Waals surface area contributed by atoms with E-state index in [2.05, 4.69) is 228 Å². The first kappa shape index (κ1) is 36.8.